The van der Waals surface area contributed by atoms with Crippen molar-refractivity contribution in [1.29, 1.82) is 0 Å². The molecule has 2 aliphatic rings. The molecule has 5 amide bonds. The maximum absolute atomic E-state index is 14.9. The number of Topliss-reactive ketones (excluding diaryl/α,β-unsaturated/α-hetero) is 2. The van der Waals surface area contributed by atoms with E-state index in [-0.39, 0.29) is 89.0 Å². The number of nitrogens with two attached hydrogens (primary N) is 1. The molecular weight excluding hydrogens is 1070 g/mol. The van der Waals surface area contributed by atoms with Gasteiger partial charge in [0.15, 0.2) is 17.7 Å². The zero-order valence-electron chi connectivity index (χ0n) is 48.8. The standard InChI is InChI=1S/C60H88N8O9S3/c1-11-40(4)45(34-52(71)49-36-64(49)8)57(74)65(9)48(39(2)3)35-53(77-41(5)69)56-63-47(37-80-56)58(75)66(10)50(38-79-44-23-16-13-17-24-44)51(70)33-43(22-18-19-27-61)55(73)62-46(32-42-20-14-12-15-21-42)59(76)68-30-28-67(29-31-68)54(72)25-26-60(6,7)78/h12-17,20-21,23-24,37,39-40,43,45-46,48-50,53,78H,11,18-19,22,25-36,38,61H2,1-10H3,(H,62,73)/t40-,43-,45?,46-,48+,49?,50-,53+,64?/m0/s1. The minimum absolute atomic E-state index is 0.0131. The van der Waals surface area contributed by atoms with E-state index in [1.165, 1.54) is 23.6 Å². The lowest BCUT2D eigenvalue weighted by atomic mass is 9.84. The molecule has 20 heteroatoms. The second-order valence-corrected chi connectivity index (χ2v) is 26.0. The second kappa shape index (κ2) is 31.3. The summed E-state index contributed by atoms with van der Waals surface area (Å²) >= 11 is 7.11. The van der Waals surface area contributed by atoms with Crippen LogP contribution in [0.4, 0.5) is 0 Å². The van der Waals surface area contributed by atoms with Gasteiger partial charge in [0.2, 0.25) is 23.6 Å². The molecule has 2 saturated heterocycles. The van der Waals surface area contributed by atoms with E-state index in [9.17, 15) is 38.4 Å². The van der Waals surface area contributed by atoms with Crippen molar-refractivity contribution in [3.05, 3.63) is 82.3 Å². The van der Waals surface area contributed by atoms with Gasteiger partial charge < -0.3 is 35.4 Å². The average Bonchev–Trinajstić information content (AvgIpc) is 3.97. The van der Waals surface area contributed by atoms with Gasteiger partial charge in [0.05, 0.1) is 12.1 Å². The molecule has 3 aromatic rings. The lowest BCUT2D eigenvalue weighted by molar-refractivity contribution is -0.149. The molecule has 3 unspecified atom stereocenters. The number of amides is 5. The number of thioether (sulfide) groups is 1. The fourth-order valence-corrected chi connectivity index (χ4v) is 12.2. The molecule has 440 valence electrons. The summed E-state index contributed by atoms with van der Waals surface area (Å²) in [5.74, 6) is -3.68. The zero-order valence-corrected chi connectivity index (χ0v) is 51.3. The number of nitrogens with one attached hydrogen (secondary N) is 1. The van der Waals surface area contributed by atoms with Crippen LogP contribution in [0.3, 0.4) is 0 Å². The maximum Gasteiger partial charge on any atom is 0.303 e. The Hall–Kier alpha value is -5.15. The molecule has 80 heavy (non-hydrogen) atoms. The Morgan fingerprint density at radius 1 is 0.912 bits per heavy atom. The quantitative estimate of drug-likeness (QED) is 0.0183. The highest BCUT2D eigenvalue weighted by Crippen LogP contribution is 2.34. The Morgan fingerprint density at radius 3 is 2.11 bits per heavy atom. The largest absolute Gasteiger partial charge is 0.455 e. The molecule has 2 fully saturated rings. The van der Waals surface area contributed by atoms with Crippen molar-refractivity contribution in [3.8, 4) is 0 Å². The van der Waals surface area contributed by atoms with E-state index in [4.69, 9.17) is 15.5 Å². The molecule has 0 saturated carbocycles. The minimum atomic E-state index is -1.03. The van der Waals surface area contributed by atoms with E-state index < -0.39 is 53.8 Å². The average molecular weight is 1160 g/mol. The maximum atomic E-state index is 14.9. The molecule has 9 atom stereocenters. The van der Waals surface area contributed by atoms with Gasteiger partial charge >= 0.3 is 5.97 Å². The van der Waals surface area contributed by atoms with Crippen molar-refractivity contribution < 1.29 is 43.1 Å². The van der Waals surface area contributed by atoms with Gasteiger partial charge in [-0.2, -0.15) is 12.6 Å². The van der Waals surface area contributed by atoms with Gasteiger partial charge in [-0.15, -0.1) is 23.1 Å². The molecule has 0 bridgehead atoms. The Bertz CT molecular complexity index is 2540. The summed E-state index contributed by atoms with van der Waals surface area (Å²) in [5.41, 5.74) is 6.80. The Labute approximate surface area is 488 Å². The number of nitrogens with zero attached hydrogens (tertiary/aromatic N) is 6. The second-order valence-electron chi connectivity index (χ2n) is 22.8. The molecule has 0 spiro atoms. The van der Waals surface area contributed by atoms with Crippen LogP contribution in [0.2, 0.25) is 0 Å². The first kappa shape index (κ1) is 65.7. The fourth-order valence-electron chi connectivity index (χ4n) is 10.2. The van der Waals surface area contributed by atoms with Crippen LogP contribution in [-0.2, 0) is 44.7 Å². The third-order valence-electron chi connectivity index (χ3n) is 15.6. The molecule has 1 aromatic heterocycles. The van der Waals surface area contributed by atoms with Crippen LogP contribution in [0.5, 0.6) is 0 Å². The zero-order chi connectivity index (χ0) is 58.8. The van der Waals surface area contributed by atoms with Gasteiger partial charge in [0.1, 0.15) is 16.7 Å². The van der Waals surface area contributed by atoms with E-state index in [2.05, 4.69) is 17.9 Å². The molecule has 0 aliphatic carbocycles. The summed E-state index contributed by atoms with van der Waals surface area (Å²) in [5, 5.41) is 4.98. The normalized spacial score (nSPS) is 18.0. The summed E-state index contributed by atoms with van der Waals surface area (Å²) in [6, 6.07) is 16.3. The number of carbonyl (C=O) groups is 8. The van der Waals surface area contributed by atoms with Crippen molar-refractivity contribution in [2.24, 2.45) is 29.4 Å². The van der Waals surface area contributed by atoms with Crippen molar-refractivity contribution in [3.63, 3.8) is 0 Å². The Kier molecular flexibility index (Phi) is 25.7. The van der Waals surface area contributed by atoms with Gasteiger partial charge in [0.25, 0.3) is 5.91 Å². The highest BCUT2D eigenvalue weighted by molar-refractivity contribution is 7.99. The summed E-state index contributed by atoms with van der Waals surface area (Å²) in [6.07, 6.45) is 2.51. The first-order chi connectivity index (χ1) is 37.9. The molecule has 2 aliphatic heterocycles. The number of thiol groups is 1. The van der Waals surface area contributed by atoms with E-state index in [1.807, 2.05) is 114 Å². The van der Waals surface area contributed by atoms with Crippen LogP contribution < -0.4 is 11.1 Å². The summed E-state index contributed by atoms with van der Waals surface area (Å²) < 4.78 is 5.62. The van der Waals surface area contributed by atoms with Gasteiger partial charge in [0, 0.05) is 125 Å². The summed E-state index contributed by atoms with van der Waals surface area (Å²) in [4.78, 5) is 126. The number of ketones is 2. The lowest BCUT2D eigenvalue weighted by Crippen LogP contribution is -2.57. The van der Waals surface area contributed by atoms with Crippen molar-refractivity contribution in [2.45, 2.75) is 153 Å². The number of hydrogen-bond donors (Lipinski definition) is 3. The first-order valence-electron chi connectivity index (χ1n) is 28.4. The predicted molar refractivity (Wildman–Crippen MR) is 318 cm³/mol. The first-order valence-corrected chi connectivity index (χ1v) is 30.7. The van der Waals surface area contributed by atoms with Crippen molar-refractivity contribution in [1.82, 2.24) is 34.8 Å². The number of benzene rings is 2. The number of carbonyl (C=O) groups excluding carboxylic acids is 8. The number of esters is 1. The van der Waals surface area contributed by atoms with Crippen molar-refractivity contribution in [2.75, 3.05) is 66.2 Å². The number of hydrogen-bond acceptors (Lipinski definition) is 15. The molecular formula is C60H88N8O9S3. The molecule has 2 aromatic carbocycles. The van der Waals surface area contributed by atoms with E-state index in [0.717, 1.165) is 21.8 Å². The van der Waals surface area contributed by atoms with Gasteiger partial charge in [-0.1, -0.05) is 103 Å². The van der Waals surface area contributed by atoms with Crippen LogP contribution in [-0.4, -0.2) is 172 Å². The number of aromatic nitrogens is 1. The Balaban J connectivity index is 1.37. The smallest absolute Gasteiger partial charge is 0.303 e. The van der Waals surface area contributed by atoms with E-state index in [1.54, 1.807) is 34.2 Å². The SMILES string of the molecule is CC[C@H](C)C(CC(=O)C1CN1C)C(=O)N(C)[C@H](C[C@@H](OC(C)=O)c1nc(C(=O)N(C)[C@@H](CSc2ccccc2)C(=O)C[C@H](CCCCN)C(=O)N[C@@H](Cc2ccccc2)C(=O)N2CCN(C(=O)CCC(C)(C)S)CC2)cs1)C(C)C. The summed E-state index contributed by atoms with van der Waals surface area (Å²) in [6.45, 7) is 15.6. The highest BCUT2D eigenvalue weighted by Gasteiger charge is 2.42. The molecule has 3 N–H and O–H groups in total. The fraction of sp³-hybridized carbons (Fsp3) is 0.617. The number of ether oxygens (including phenoxy) is 1. The summed E-state index contributed by atoms with van der Waals surface area (Å²) in [7, 11) is 5.16. The predicted octanol–water partition coefficient (Wildman–Crippen LogP) is 7.38. The lowest BCUT2D eigenvalue weighted by Gasteiger charge is -2.37. The van der Waals surface area contributed by atoms with Crippen LogP contribution in [0, 0.1) is 23.7 Å². The molecule has 0 radical (unpaired) electrons. The van der Waals surface area contributed by atoms with Crippen LogP contribution in [0.15, 0.2) is 70.9 Å². The van der Waals surface area contributed by atoms with E-state index in [0.29, 0.717) is 82.8 Å². The number of thiazole rings is 1. The molecule has 3 heterocycles. The monoisotopic (exact) mass is 1160 g/mol. The number of unbranched alkanes of at least 4 members (excludes halogenated alkanes) is 1. The molecule has 5 rings (SSSR count). The number of likely N-dealkylation sites (N-methyl/N-ethyl adjacent to an activating group) is 2. The van der Waals surface area contributed by atoms with E-state index >= 15 is 0 Å². The van der Waals surface area contributed by atoms with Crippen LogP contribution in [0.25, 0.3) is 0 Å². The minimum Gasteiger partial charge on any atom is -0.455 e. The highest BCUT2D eigenvalue weighted by atomic mass is 32.2. The van der Waals surface area contributed by atoms with Gasteiger partial charge in [-0.25, -0.2) is 4.98 Å². The Morgan fingerprint density at radius 2 is 1.54 bits per heavy atom. The topological polar surface area (TPSA) is 213 Å². The number of rotatable bonds is 32. The van der Waals surface area contributed by atoms with Gasteiger partial charge in [-0.3, -0.25) is 43.3 Å². The molecule has 17 nitrogen and oxygen atoms in total. The number of piperazine rings is 1. The third-order valence-corrected chi connectivity index (χ3v) is 17.9. The van der Waals surface area contributed by atoms with Crippen molar-refractivity contribution >= 4 is 82.8 Å². The van der Waals surface area contributed by atoms with Crippen LogP contribution in [0.1, 0.15) is 133 Å². The van der Waals surface area contributed by atoms with Gasteiger partial charge in [-0.05, 0) is 62.4 Å². The third kappa shape index (κ3) is 19.8. The van der Waals surface area contributed by atoms with Crippen LogP contribution >= 0.6 is 35.7 Å².